The van der Waals surface area contributed by atoms with Crippen molar-refractivity contribution in [2.45, 2.75) is 31.8 Å². The number of hydrogen-bond acceptors (Lipinski definition) is 3. The molecule has 4 rings (SSSR count). The smallest absolute Gasteiger partial charge is 0.128 e. The number of ether oxygens (including phenoxy) is 1. The van der Waals surface area contributed by atoms with E-state index in [1.165, 1.54) is 16.9 Å². The highest BCUT2D eigenvalue weighted by atomic mass is 35.5. The topological polar surface area (TPSA) is 29.5 Å². The molecule has 0 saturated heterocycles. The van der Waals surface area contributed by atoms with E-state index in [2.05, 4.69) is 6.07 Å². The van der Waals surface area contributed by atoms with Gasteiger partial charge in [-0.05, 0) is 48.6 Å². The van der Waals surface area contributed by atoms with Crippen molar-refractivity contribution < 1.29 is 9.84 Å². The maximum absolute atomic E-state index is 10.7. The van der Waals surface area contributed by atoms with Crippen molar-refractivity contribution in [1.82, 2.24) is 0 Å². The molecule has 0 bridgehead atoms. The van der Waals surface area contributed by atoms with Gasteiger partial charge in [0.25, 0.3) is 0 Å². The fourth-order valence-corrected chi connectivity index (χ4v) is 4.65. The van der Waals surface area contributed by atoms with Crippen LogP contribution < -0.4 is 4.74 Å². The van der Waals surface area contributed by atoms with Crippen LogP contribution in [0.1, 0.15) is 39.0 Å². The monoisotopic (exact) mass is 306 g/mol. The van der Waals surface area contributed by atoms with E-state index in [1.807, 2.05) is 12.1 Å². The Morgan fingerprint density at radius 1 is 1.15 bits per heavy atom. The van der Waals surface area contributed by atoms with E-state index in [1.54, 1.807) is 11.3 Å². The second-order valence-corrected chi connectivity index (χ2v) is 7.04. The number of aliphatic hydroxyl groups is 1. The van der Waals surface area contributed by atoms with Gasteiger partial charge in [-0.1, -0.05) is 11.6 Å². The zero-order chi connectivity index (χ0) is 13.7. The quantitative estimate of drug-likeness (QED) is 0.911. The summed E-state index contributed by atoms with van der Waals surface area (Å²) in [5.74, 6) is 0.829. The van der Waals surface area contributed by atoms with Crippen LogP contribution in [0.4, 0.5) is 0 Å². The van der Waals surface area contributed by atoms with E-state index in [9.17, 15) is 5.11 Å². The van der Waals surface area contributed by atoms with Gasteiger partial charge in [-0.25, -0.2) is 0 Å². The summed E-state index contributed by atoms with van der Waals surface area (Å²) in [6, 6.07) is 5.93. The molecular weight excluding hydrogens is 292 g/mol. The van der Waals surface area contributed by atoms with Crippen LogP contribution in [0.15, 0.2) is 18.2 Å². The van der Waals surface area contributed by atoms with Crippen molar-refractivity contribution in [2.24, 2.45) is 0 Å². The van der Waals surface area contributed by atoms with E-state index in [4.69, 9.17) is 16.3 Å². The summed E-state index contributed by atoms with van der Waals surface area (Å²) in [5, 5.41) is 11.4. The fourth-order valence-electron chi connectivity index (χ4n) is 3.14. The van der Waals surface area contributed by atoms with Crippen LogP contribution in [-0.4, -0.2) is 11.7 Å². The molecule has 2 nitrogen and oxygen atoms in total. The first-order chi connectivity index (χ1) is 9.72. The molecule has 4 heteroatoms. The number of benzene rings is 1. The summed E-state index contributed by atoms with van der Waals surface area (Å²) in [6.45, 7) is 0.677. The van der Waals surface area contributed by atoms with Crippen molar-refractivity contribution in [1.29, 1.82) is 0 Å². The Bertz CT molecular complexity index is 656. The van der Waals surface area contributed by atoms with Crippen LogP contribution in [0.3, 0.4) is 0 Å². The van der Waals surface area contributed by atoms with Crippen molar-refractivity contribution in [3.05, 3.63) is 49.7 Å². The predicted octanol–water partition coefficient (Wildman–Crippen LogP) is 3.91. The average molecular weight is 307 g/mol. The molecule has 1 aliphatic carbocycles. The Morgan fingerprint density at radius 3 is 2.90 bits per heavy atom. The van der Waals surface area contributed by atoms with Crippen molar-refractivity contribution in [2.75, 3.05) is 6.61 Å². The Hall–Kier alpha value is -1.03. The molecule has 1 unspecified atom stereocenters. The maximum Gasteiger partial charge on any atom is 0.128 e. The molecule has 0 radical (unpaired) electrons. The van der Waals surface area contributed by atoms with Gasteiger partial charge in [0.05, 0.1) is 6.61 Å². The molecule has 1 aromatic carbocycles. The summed E-state index contributed by atoms with van der Waals surface area (Å²) >= 11 is 7.90. The first kappa shape index (κ1) is 12.7. The molecule has 1 aliphatic heterocycles. The summed E-state index contributed by atoms with van der Waals surface area (Å²) in [6.07, 6.45) is 3.78. The Morgan fingerprint density at radius 2 is 2.05 bits per heavy atom. The van der Waals surface area contributed by atoms with Crippen LogP contribution in [0.25, 0.3) is 0 Å². The van der Waals surface area contributed by atoms with E-state index in [-0.39, 0.29) is 0 Å². The van der Waals surface area contributed by atoms with Gasteiger partial charge in [0.2, 0.25) is 0 Å². The summed E-state index contributed by atoms with van der Waals surface area (Å²) in [7, 11) is 0. The van der Waals surface area contributed by atoms with Crippen molar-refractivity contribution in [3.63, 3.8) is 0 Å². The van der Waals surface area contributed by atoms with E-state index in [0.717, 1.165) is 41.0 Å². The van der Waals surface area contributed by atoms with E-state index in [0.29, 0.717) is 11.6 Å². The lowest BCUT2D eigenvalue weighted by Gasteiger charge is -2.14. The number of aryl methyl sites for hydroxylation is 2. The third-order valence-electron chi connectivity index (χ3n) is 4.11. The normalized spacial score (nSPS) is 17.7. The number of halogens is 1. The molecule has 1 aromatic heterocycles. The summed E-state index contributed by atoms with van der Waals surface area (Å²) < 4.78 is 5.69. The second-order valence-electron chi connectivity index (χ2n) is 5.43. The molecule has 2 aromatic rings. The molecule has 104 valence electrons. The number of hydrogen-bond donors (Lipinski definition) is 1. The minimum Gasteiger partial charge on any atom is -0.493 e. The van der Waals surface area contributed by atoms with E-state index < -0.39 is 6.10 Å². The molecule has 0 spiro atoms. The Kier molecular flexibility index (Phi) is 3.02. The Balaban J connectivity index is 1.76. The number of thiophene rings is 1. The predicted molar refractivity (Wildman–Crippen MR) is 81.1 cm³/mol. The zero-order valence-corrected chi connectivity index (χ0v) is 12.6. The highest BCUT2D eigenvalue weighted by molar-refractivity contribution is 7.12. The highest BCUT2D eigenvalue weighted by Crippen LogP contribution is 2.42. The Labute approximate surface area is 127 Å². The van der Waals surface area contributed by atoms with Gasteiger partial charge < -0.3 is 9.84 Å². The van der Waals surface area contributed by atoms with Crippen LogP contribution in [0, 0.1) is 0 Å². The minimum absolute atomic E-state index is 0.629. The SMILES string of the molecule is OC(c1cc2c(s1)CCC2)c1cc(Cl)cc2c1OCC2. The maximum atomic E-state index is 10.7. The molecule has 0 amide bonds. The number of aliphatic hydroxyl groups excluding tert-OH is 1. The largest absolute Gasteiger partial charge is 0.493 e. The van der Waals surface area contributed by atoms with Gasteiger partial charge in [0.1, 0.15) is 11.9 Å². The van der Waals surface area contributed by atoms with Crippen LogP contribution in [0.2, 0.25) is 5.02 Å². The highest BCUT2D eigenvalue weighted by Gasteiger charge is 2.26. The van der Waals surface area contributed by atoms with Gasteiger partial charge >= 0.3 is 0 Å². The summed E-state index contributed by atoms with van der Waals surface area (Å²) in [5.41, 5.74) is 3.32. The average Bonchev–Trinajstić information content (AvgIpc) is 3.10. The minimum atomic E-state index is -0.629. The lowest BCUT2D eigenvalue weighted by atomic mass is 10.0. The molecule has 2 heterocycles. The molecule has 0 fully saturated rings. The first-order valence-corrected chi connectivity index (χ1v) is 8.16. The molecule has 1 N–H and O–H groups in total. The summed E-state index contributed by atoms with van der Waals surface area (Å²) in [4.78, 5) is 2.44. The van der Waals surface area contributed by atoms with Gasteiger partial charge in [0.15, 0.2) is 0 Å². The molecular formula is C16H15ClO2S. The number of rotatable bonds is 2. The van der Waals surface area contributed by atoms with Gasteiger partial charge in [-0.2, -0.15) is 0 Å². The molecule has 1 atom stereocenters. The standard InChI is InChI=1S/C16H15ClO2S/c17-11-6-10-4-5-19-16(10)12(8-11)15(18)14-7-9-2-1-3-13(9)20-14/h6-8,15,18H,1-5H2. The molecule has 0 saturated carbocycles. The van der Waals surface area contributed by atoms with Crippen LogP contribution in [-0.2, 0) is 19.3 Å². The van der Waals surface area contributed by atoms with Crippen molar-refractivity contribution >= 4 is 22.9 Å². The number of fused-ring (bicyclic) bond motifs is 2. The van der Waals surface area contributed by atoms with Gasteiger partial charge in [-0.15, -0.1) is 11.3 Å². The van der Waals surface area contributed by atoms with Gasteiger partial charge in [0, 0.05) is 26.8 Å². The van der Waals surface area contributed by atoms with Gasteiger partial charge in [-0.3, -0.25) is 0 Å². The third kappa shape index (κ3) is 1.96. The second kappa shape index (κ2) is 4.76. The lowest BCUT2D eigenvalue weighted by molar-refractivity contribution is 0.217. The van der Waals surface area contributed by atoms with Crippen LogP contribution in [0.5, 0.6) is 5.75 Å². The third-order valence-corrected chi connectivity index (χ3v) is 5.61. The first-order valence-electron chi connectivity index (χ1n) is 6.97. The van der Waals surface area contributed by atoms with E-state index >= 15 is 0 Å². The van der Waals surface area contributed by atoms with Crippen LogP contribution >= 0.6 is 22.9 Å². The molecule has 20 heavy (non-hydrogen) atoms. The fraction of sp³-hybridized carbons (Fsp3) is 0.375. The van der Waals surface area contributed by atoms with Crippen molar-refractivity contribution in [3.8, 4) is 5.75 Å². The lowest BCUT2D eigenvalue weighted by Crippen LogP contribution is -2.00. The zero-order valence-electron chi connectivity index (χ0n) is 11.0. The molecule has 2 aliphatic rings.